The summed E-state index contributed by atoms with van der Waals surface area (Å²) in [7, 11) is 0. The van der Waals surface area contributed by atoms with E-state index in [9.17, 15) is 14.7 Å². The molecule has 1 rings (SSSR count). The van der Waals surface area contributed by atoms with Gasteiger partial charge >= 0.3 is 5.97 Å². The fraction of sp³-hybridized carbons (Fsp3) is 0.417. The Hall–Kier alpha value is -2.35. The van der Waals surface area contributed by atoms with Gasteiger partial charge in [0.2, 0.25) is 0 Å². The van der Waals surface area contributed by atoms with E-state index in [0.29, 0.717) is 6.42 Å². The summed E-state index contributed by atoms with van der Waals surface area (Å²) in [6.45, 7) is 0.253. The molecule has 0 radical (unpaired) electrons. The lowest BCUT2D eigenvalue weighted by molar-refractivity contribution is -0.143. The van der Waals surface area contributed by atoms with Crippen LogP contribution in [-0.2, 0) is 4.79 Å². The number of aliphatic carboxylic acids is 1. The van der Waals surface area contributed by atoms with Gasteiger partial charge in [-0.05, 0) is 25.0 Å². The van der Waals surface area contributed by atoms with Crippen LogP contribution in [0.15, 0.2) is 27.8 Å². The predicted octanol–water partition coefficient (Wildman–Crippen LogP) is -0.312. The van der Waals surface area contributed by atoms with Gasteiger partial charge in [-0.25, -0.2) is 0 Å². The van der Waals surface area contributed by atoms with Gasteiger partial charge in [0.15, 0.2) is 17.5 Å². The molecule has 0 bridgehead atoms. The Morgan fingerprint density at radius 3 is 2.60 bits per heavy atom. The van der Waals surface area contributed by atoms with E-state index in [0.717, 1.165) is 0 Å². The highest BCUT2D eigenvalue weighted by Gasteiger charge is 2.36. The van der Waals surface area contributed by atoms with Crippen molar-refractivity contribution in [3.05, 3.63) is 24.2 Å². The zero-order valence-corrected chi connectivity index (χ0v) is 10.9. The van der Waals surface area contributed by atoms with Gasteiger partial charge in [-0.3, -0.25) is 14.6 Å². The van der Waals surface area contributed by atoms with Gasteiger partial charge < -0.3 is 26.7 Å². The molecule has 110 valence electrons. The summed E-state index contributed by atoms with van der Waals surface area (Å²) in [6.07, 6.45) is 1.42. The number of Topliss-reactive ketones (excluding diaryl/α,β-unsaturated/α-hetero) is 1. The first kappa shape index (κ1) is 15.7. The molecule has 1 atom stereocenters. The van der Waals surface area contributed by atoms with Crippen molar-refractivity contribution in [2.45, 2.75) is 24.8 Å². The van der Waals surface area contributed by atoms with E-state index in [1.807, 2.05) is 0 Å². The third-order valence-electron chi connectivity index (χ3n) is 2.77. The minimum atomic E-state index is -1.66. The topological polar surface area (TPSA) is 158 Å². The first-order valence-electron chi connectivity index (χ1n) is 5.99. The van der Waals surface area contributed by atoms with Crippen LogP contribution in [0.25, 0.3) is 0 Å². The summed E-state index contributed by atoms with van der Waals surface area (Å²) in [4.78, 5) is 26.9. The maximum atomic E-state index is 11.9. The molecule has 7 N–H and O–H groups in total. The van der Waals surface area contributed by atoms with Crippen LogP contribution in [0.2, 0.25) is 0 Å². The molecule has 1 aromatic heterocycles. The molecule has 0 aliphatic carbocycles. The zero-order valence-electron chi connectivity index (χ0n) is 10.9. The van der Waals surface area contributed by atoms with Crippen molar-refractivity contribution in [2.24, 2.45) is 22.2 Å². The molecular weight excluding hydrogens is 264 g/mol. The number of carboxylic acids is 1. The average Bonchev–Trinajstić information content (AvgIpc) is 2.88. The summed E-state index contributed by atoms with van der Waals surface area (Å²) in [5.74, 6) is -1.69. The van der Waals surface area contributed by atoms with Crippen molar-refractivity contribution in [1.29, 1.82) is 0 Å². The summed E-state index contributed by atoms with van der Waals surface area (Å²) < 4.78 is 4.93. The number of hydrogen-bond acceptors (Lipinski definition) is 5. The fourth-order valence-corrected chi connectivity index (χ4v) is 1.68. The Labute approximate surface area is 115 Å². The Morgan fingerprint density at radius 2 is 2.10 bits per heavy atom. The first-order valence-corrected chi connectivity index (χ1v) is 5.99. The van der Waals surface area contributed by atoms with E-state index < -0.39 is 17.3 Å². The highest BCUT2D eigenvalue weighted by atomic mass is 16.4. The second-order valence-corrected chi connectivity index (χ2v) is 4.45. The van der Waals surface area contributed by atoms with Gasteiger partial charge in [0.05, 0.1) is 6.26 Å². The molecule has 0 saturated carbocycles. The summed E-state index contributed by atoms with van der Waals surface area (Å²) >= 11 is 0. The number of carbonyl (C=O) groups excluding carboxylic acids is 1. The predicted molar refractivity (Wildman–Crippen MR) is 72.1 cm³/mol. The quantitative estimate of drug-likeness (QED) is 0.220. The molecule has 1 heterocycles. The number of aliphatic imine (C=N–C) groups is 1. The van der Waals surface area contributed by atoms with Crippen molar-refractivity contribution >= 4 is 17.7 Å². The minimum Gasteiger partial charge on any atom is -0.480 e. The van der Waals surface area contributed by atoms with Crippen LogP contribution in [-0.4, -0.2) is 34.9 Å². The molecule has 8 nitrogen and oxygen atoms in total. The lowest BCUT2D eigenvalue weighted by Gasteiger charge is -2.23. The second-order valence-electron chi connectivity index (χ2n) is 4.45. The molecule has 0 saturated heterocycles. The van der Waals surface area contributed by atoms with Crippen LogP contribution < -0.4 is 17.2 Å². The number of furan rings is 1. The normalized spacial score (nSPS) is 13.4. The molecule has 1 aromatic rings. The first-order chi connectivity index (χ1) is 9.35. The fourth-order valence-electron chi connectivity index (χ4n) is 1.68. The Bertz CT molecular complexity index is 494. The van der Waals surface area contributed by atoms with E-state index in [1.165, 1.54) is 12.3 Å². The van der Waals surface area contributed by atoms with Gasteiger partial charge in [0, 0.05) is 13.0 Å². The molecule has 8 heteroatoms. The minimum absolute atomic E-state index is 0.0744. The number of ketones is 1. The molecule has 0 amide bonds. The SMILES string of the molecule is NC(N)=NCCC[C@@](N)(CC(=O)c1ccco1)C(=O)O. The van der Waals surface area contributed by atoms with E-state index in [2.05, 4.69) is 4.99 Å². The highest BCUT2D eigenvalue weighted by molar-refractivity contribution is 5.97. The van der Waals surface area contributed by atoms with Gasteiger partial charge in [-0.15, -0.1) is 0 Å². The lowest BCUT2D eigenvalue weighted by atomic mass is 9.88. The monoisotopic (exact) mass is 282 g/mol. The zero-order chi connectivity index (χ0) is 15.2. The van der Waals surface area contributed by atoms with Crippen molar-refractivity contribution < 1.29 is 19.1 Å². The summed E-state index contributed by atoms with van der Waals surface area (Å²) in [5, 5.41) is 9.19. The van der Waals surface area contributed by atoms with Crippen molar-refractivity contribution in [3.8, 4) is 0 Å². The van der Waals surface area contributed by atoms with Crippen LogP contribution >= 0.6 is 0 Å². The van der Waals surface area contributed by atoms with Gasteiger partial charge in [0.25, 0.3) is 0 Å². The number of carbonyl (C=O) groups is 2. The molecule has 0 spiro atoms. The largest absolute Gasteiger partial charge is 0.480 e. The molecule has 20 heavy (non-hydrogen) atoms. The maximum absolute atomic E-state index is 11.9. The van der Waals surface area contributed by atoms with Crippen molar-refractivity contribution in [3.63, 3.8) is 0 Å². The molecule has 0 fully saturated rings. The number of carboxylic acid groups (broad SMARTS) is 1. The van der Waals surface area contributed by atoms with Gasteiger partial charge in [-0.1, -0.05) is 0 Å². The molecule has 0 aliphatic rings. The Kier molecular flexibility index (Phi) is 5.27. The van der Waals surface area contributed by atoms with Crippen molar-refractivity contribution in [2.75, 3.05) is 6.54 Å². The van der Waals surface area contributed by atoms with Crippen LogP contribution in [0.5, 0.6) is 0 Å². The molecule has 0 aliphatic heterocycles. The van der Waals surface area contributed by atoms with E-state index in [4.69, 9.17) is 21.6 Å². The molecular formula is C12H18N4O4. The van der Waals surface area contributed by atoms with Crippen molar-refractivity contribution in [1.82, 2.24) is 0 Å². The van der Waals surface area contributed by atoms with E-state index in [1.54, 1.807) is 6.07 Å². The third kappa shape index (κ3) is 4.39. The number of nitrogens with zero attached hydrogens (tertiary/aromatic N) is 1. The van der Waals surface area contributed by atoms with Crippen LogP contribution in [0.1, 0.15) is 29.8 Å². The Balaban J connectivity index is 2.64. The van der Waals surface area contributed by atoms with E-state index in [-0.39, 0.29) is 31.1 Å². The lowest BCUT2D eigenvalue weighted by Crippen LogP contribution is -2.49. The summed E-state index contributed by atoms with van der Waals surface area (Å²) in [6, 6.07) is 3.01. The average molecular weight is 282 g/mol. The van der Waals surface area contributed by atoms with Gasteiger partial charge in [-0.2, -0.15) is 0 Å². The number of nitrogens with two attached hydrogens (primary N) is 3. The molecule has 0 unspecified atom stereocenters. The van der Waals surface area contributed by atoms with Crippen LogP contribution in [0.4, 0.5) is 0 Å². The highest BCUT2D eigenvalue weighted by Crippen LogP contribution is 2.19. The summed E-state index contributed by atoms with van der Waals surface area (Å²) in [5.41, 5.74) is 14.4. The second kappa shape index (κ2) is 6.71. The molecule has 0 aromatic carbocycles. The maximum Gasteiger partial charge on any atom is 0.324 e. The number of rotatable bonds is 8. The standard InChI is InChI=1S/C12H18N4O4/c13-11(14)16-5-2-4-12(15,10(18)19)7-8(17)9-3-1-6-20-9/h1,3,6H,2,4-5,7,15H2,(H,18,19)(H4,13,14,16)/t12-/m1/s1. The number of guanidine groups is 1. The van der Waals surface area contributed by atoms with Crippen LogP contribution in [0, 0.1) is 0 Å². The third-order valence-corrected chi connectivity index (χ3v) is 2.77. The Morgan fingerprint density at radius 1 is 1.40 bits per heavy atom. The smallest absolute Gasteiger partial charge is 0.324 e. The number of hydrogen-bond donors (Lipinski definition) is 4. The van der Waals surface area contributed by atoms with Crippen LogP contribution in [0.3, 0.4) is 0 Å². The van der Waals surface area contributed by atoms with E-state index >= 15 is 0 Å². The van der Waals surface area contributed by atoms with Gasteiger partial charge in [0.1, 0.15) is 5.54 Å².